The van der Waals surface area contributed by atoms with E-state index < -0.39 is 0 Å². The van der Waals surface area contributed by atoms with Gasteiger partial charge >= 0.3 is 0 Å². The molecule has 2 aromatic carbocycles. The second-order valence-corrected chi connectivity index (χ2v) is 6.26. The lowest BCUT2D eigenvalue weighted by Gasteiger charge is -2.27. The molecule has 4 rings (SSSR count). The third-order valence-electron chi connectivity index (χ3n) is 4.44. The van der Waals surface area contributed by atoms with Crippen molar-refractivity contribution in [3.63, 3.8) is 0 Å². The second-order valence-electron chi connectivity index (χ2n) is 6.26. The highest BCUT2D eigenvalue weighted by Crippen LogP contribution is 2.22. The number of nitrogens with one attached hydrogen (secondary N) is 1. The van der Waals surface area contributed by atoms with Gasteiger partial charge in [0.25, 0.3) is 5.91 Å². The van der Waals surface area contributed by atoms with Gasteiger partial charge in [-0.05, 0) is 17.7 Å². The van der Waals surface area contributed by atoms with Gasteiger partial charge in [-0.3, -0.25) is 10.2 Å². The topological polar surface area (TPSA) is 66.8 Å². The van der Waals surface area contributed by atoms with Crippen LogP contribution in [0.15, 0.2) is 65.8 Å². The fourth-order valence-electron chi connectivity index (χ4n) is 3.06. The summed E-state index contributed by atoms with van der Waals surface area (Å²) in [5.41, 5.74) is 5.31. The molecule has 0 saturated carbocycles. The van der Waals surface area contributed by atoms with E-state index in [4.69, 9.17) is 4.74 Å². The summed E-state index contributed by atoms with van der Waals surface area (Å²) >= 11 is 0. The zero-order valence-electron chi connectivity index (χ0n) is 14.8. The Hall–Kier alpha value is -3.25. The predicted molar refractivity (Wildman–Crippen MR) is 106 cm³/mol. The van der Waals surface area contributed by atoms with Crippen LogP contribution in [0.4, 0.5) is 5.82 Å². The van der Waals surface area contributed by atoms with Crippen molar-refractivity contribution in [2.24, 2.45) is 5.10 Å². The molecule has 1 aliphatic heterocycles. The van der Waals surface area contributed by atoms with Gasteiger partial charge in [-0.25, -0.2) is 4.98 Å². The van der Waals surface area contributed by atoms with Crippen molar-refractivity contribution >= 4 is 28.8 Å². The van der Waals surface area contributed by atoms with Crippen molar-refractivity contribution in [2.45, 2.75) is 0 Å². The van der Waals surface area contributed by atoms with Gasteiger partial charge in [0.05, 0.1) is 30.5 Å². The smallest absolute Gasteiger partial charge is 0.254 e. The molecule has 1 amide bonds. The zero-order chi connectivity index (χ0) is 18.5. The van der Waals surface area contributed by atoms with Crippen LogP contribution in [0.1, 0.15) is 15.9 Å². The first kappa shape index (κ1) is 17.2. The minimum Gasteiger partial charge on any atom is -0.378 e. The number of fused-ring (bicyclic) bond motifs is 1. The number of pyridine rings is 1. The third-order valence-corrected chi connectivity index (χ3v) is 4.44. The highest BCUT2D eigenvalue weighted by atomic mass is 16.5. The van der Waals surface area contributed by atoms with Gasteiger partial charge in [-0.15, -0.1) is 0 Å². The van der Waals surface area contributed by atoms with E-state index in [2.05, 4.69) is 15.5 Å². The van der Waals surface area contributed by atoms with Crippen LogP contribution < -0.4 is 5.43 Å². The summed E-state index contributed by atoms with van der Waals surface area (Å²) in [5, 5.41) is 5.09. The van der Waals surface area contributed by atoms with Crippen LogP contribution >= 0.6 is 0 Å². The molecule has 6 heteroatoms. The SMILES string of the molecule is O=C(c1cc(N/N=C/c2ccccc2)nc2ccccc12)N1CCOCC1. The number of rotatable bonds is 4. The highest BCUT2D eigenvalue weighted by molar-refractivity contribution is 6.07. The number of ether oxygens (including phenoxy) is 1. The lowest BCUT2D eigenvalue weighted by Crippen LogP contribution is -2.40. The number of anilines is 1. The number of carbonyl (C=O) groups excluding carboxylic acids is 1. The van der Waals surface area contributed by atoms with Crippen LogP contribution in [0.25, 0.3) is 10.9 Å². The third kappa shape index (κ3) is 3.96. The molecule has 2 heterocycles. The number of nitrogens with zero attached hydrogens (tertiary/aromatic N) is 3. The number of carbonyl (C=O) groups is 1. The first-order chi connectivity index (χ1) is 13.3. The molecule has 3 aromatic rings. The second kappa shape index (κ2) is 7.97. The molecular weight excluding hydrogens is 340 g/mol. The zero-order valence-corrected chi connectivity index (χ0v) is 14.8. The van der Waals surface area contributed by atoms with Crippen molar-refractivity contribution in [1.82, 2.24) is 9.88 Å². The molecule has 136 valence electrons. The van der Waals surface area contributed by atoms with E-state index in [1.807, 2.05) is 59.5 Å². The number of aromatic nitrogens is 1. The minimum atomic E-state index is -0.00742. The Kier molecular flexibility index (Phi) is 5.07. The van der Waals surface area contributed by atoms with Gasteiger partial charge in [-0.1, -0.05) is 48.5 Å². The van der Waals surface area contributed by atoms with Crippen LogP contribution in [-0.2, 0) is 4.74 Å². The Morgan fingerprint density at radius 1 is 1.07 bits per heavy atom. The Bertz CT molecular complexity index is 966. The summed E-state index contributed by atoms with van der Waals surface area (Å²) in [5.74, 6) is 0.532. The lowest BCUT2D eigenvalue weighted by molar-refractivity contribution is 0.0304. The van der Waals surface area contributed by atoms with Crippen LogP contribution in [0, 0.1) is 0 Å². The summed E-state index contributed by atoms with van der Waals surface area (Å²) in [6, 6.07) is 19.2. The Balaban J connectivity index is 1.63. The average Bonchev–Trinajstić information content (AvgIpc) is 2.74. The van der Waals surface area contributed by atoms with Crippen molar-refractivity contribution in [3.05, 3.63) is 71.8 Å². The molecule has 0 spiro atoms. The van der Waals surface area contributed by atoms with E-state index in [-0.39, 0.29) is 5.91 Å². The maximum atomic E-state index is 13.0. The van der Waals surface area contributed by atoms with Crippen LogP contribution in [0.3, 0.4) is 0 Å². The predicted octanol–water partition coefficient (Wildman–Crippen LogP) is 3.15. The van der Waals surface area contributed by atoms with Gasteiger partial charge in [-0.2, -0.15) is 5.10 Å². The molecule has 1 aromatic heterocycles. The molecule has 0 aliphatic carbocycles. The molecule has 0 unspecified atom stereocenters. The molecule has 1 saturated heterocycles. The van der Waals surface area contributed by atoms with E-state index in [1.54, 1.807) is 12.3 Å². The number of morpholine rings is 1. The van der Waals surface area contributed by atoms with Crippen molar-refractivity contribution in [1.29, 1.82) is 0 Å². The van der Waals surface area contributed by atoms with E-state index in [9.17, 15) is 4.79 Å². The molecule has 0 atom stereocenters. The maximum absolute atomic E-state index is 13.0. The molecule has 1 aliphatic rings. The number of amides is 1. The lowest BCUT2D eigenvalue weighted by atomic mass is 10.1. The first-order valence-electron chi connectivity index (χ1n) is 8.92. The number of para-hydroxylation sites is 1. The Morgan fingerprint density at radius 3 is 2.63 bits per heavy atom. The molecular formula is C21H20N4O2. The summed E-state index contributed by atoms with van der Waals surface area (Å²) in [6.07, 6.45) is 1.72. The fourth-order valence-corrected chi connectivity index (χ4v) is 3.06. The number of hydrazone groups is 1. The van der Waals surface area contributed by atoms with Crippen molar-refractivity contribution in [3.8, 4) is 0 Å². The van der Waals surface area contributed by atoms with Gasteiger partial charge < -0.3 is 9.64 Å². The highest BCUT2D eigenvalue weighted by Gasteiger charge is 2.21. The largest absolute Gasteiger partial charge is 0.378 e. The van der Waals surface area contributed by atoms with Crippen molar-refractivity contribution < 1.29 is 9.53 Å². The molecule has 6 nitrogen and oxygen atoms in total. The minimum absolute atomic E-state index is 0.00742. The molecule has 0 bridgehead atoms. The van der Waals surface area contributed by atoms with Crippen LogP contribution in [0.2, 0.25) is 0 Å². The molecule has 27 heavy (non-hydrogen) atoms. The van der Waals surface area contributed by atoms with E-state index in [0.29, 0.717) is 37.7 Å². The molecule has 1 N–H and O–H groups in total. The van der Waals surface area contributed by atoms with Crippen LogP contribution in [0.5, 0.6) is 0 Å². The van der Waals surface area contributed by atoms with Crippen LogP contribution in [-0.4, -0.2) is 48.3 Å². The Labute approximate surface area is 157 Å². The number of hydrogen-bond acceptors (Lipinski definition) is 5. The standard InChI is InChI=1S/C21H20N4O2/c26-21(25-10-12-27-13-11-25)18-14-20(23-19-9-5-4-8-17(18)19)24-22-15-16-6-2-1-3-7-16/h1-9,14-15H,10-13H2,(H,23,24)/b22-15+. The van der Waals surface area contributed by atoms with Crippen molar-refractivity contribution in [2.75, 3.05) is 31.7 Å². The summed E-state index contributed by atoms with van der Waals surface area (Å²) in [7, 11) is 0. The monoisotopic (exact) mass is 360 g/mol. The van der Waals surface area contributed by atoms with Gasteiger partial charge in [0.1, 0.15) is 5.82 Å². The maximum Gasteiger partial charge on any atom is 0.254 e. The first-order valence-corrected chi connectivity index (χ1v) is 8.92. The Morgan fingerprint density at radius 2 is 1.81 bits per heavy atom. The van der Waals surface area contributed by atoms with Gasteiger partial charge in [0.2, 0.25) is 0 Å². The summed E-state index contributed by atoms with van der Waals surface area (Å²) in [4.78, 5) is 19.4. The molecule has 0 radical (unpaired) electrons. The molecule has 1 fully saturated rings. The van der Waals surface area contributed by atoms with Gasteiger partial charge in [0, 0.05) is 18.5 Å². The summed E-state index contributed by atoms with van der Waals surface area (Å²) in [6.45, 7) is 2.34. The fraction of sp³-hybridized carbons (Fsp3) is 0.190. The summed E-state index contributed by atoms with van der Waals surface area (Å²) < 4.78 is 5.35. The quantitative estimate of drug-likeness (QED) is 0.573. The van der Waals surface area contributed by atoms with E-state index in [1.165, 1.54) is 0 Å². The average molecular weight is 360 g/mol. The van der Waals surface area contributed by atoms with E-state index in [0.717, 1.165) is 16.5 Å². The van der Waals surface area contributed by atoms with Gasteiger partial charge in [0.15, 0.2) is 0 Å². The number of benzene rings is 2. The normalized spacial score (nSPS) is 14.6. The van der Waals surface area contributed by atoms with E-state index >= 15 is 0 Å². The number of hydrogen-bond donors (Lipinski definition) is 1.